The first kappa shape index (κ1) is 8.86. The van der Waals surface area contributed by atoms with E-state index >= 15 is 0 Å². The number of hydrogen-bond acceptors (Lipinski definition) is 1. The van der Waals surface area contributed by atoms with Gasteiger partial charge in [-0.1, -0.05) is 0 Å². The van der Waals surface area contributed by atoms with Crippen LogP contribution in [0.4, 0.5) is 4.39 Å². The van der Waals surface area contributed by atoms with Crippen LogP contribution in [0.5, 0.6) is 0 Å². The van der Waals surface area contributed by atoms with Crippen molar-refractivity contribution in [2.75, 3.05) is 13.8 Å². The number of aliphatic hydroxyl groups is 1. The highest BCUT2D eigenvalue weighted by atomic mass is 19.1. The summed E-state index contributed by atoms with van der Waals surface area (Å²) in [5.74, 6) is 0. The molecule has 0 rings (SSSR count). The van der Waals surface area contributed by atoms with Crippen molar-refractivity contribution in [1.29, 1.82) is 0 Å². The van der Waals surface area contributed by atoms with Gasteiger partial charge < -0.3 is 5.11 Å². The van der Waals surface area contributed by atoms with Crippen LogP contribution in [0.1, 0.15) is 6.92 Å². The maximum absolute atomic E-state index is 10.3. The zero-order valence-corrected chi connectivity index (χ0v) is 3.53. The summed E-state index contributed by atoms with van der Waals surface area (Å²) in [5.41, 5.74) is 0. The van der Waals surface area contributed by atoms with Crippen LogP contribution in [0, 0.1) is 0 Å². The maximum Gasteiger partial charge on any atom is 0.0866 e. The molecule has 0 aliphatic heterocycles. The summed E-state index contributed by atoms with van der Waals surface area (Å²) in [6.07, 6.45) is 0. The van der Waals surface area contributed by atoms with Gasteiger partial charge in [-0.2, -0.15) is 0 Å². The van der Waals surface area contributed by atoms with Gasteiger partial charge in [-0.3, -0.25) is 4.39 Å². The largest absolute Gasteiger partial charge is 0.400 e. The molecule has 1 N–H and O–H groups in total. The van der Waals surface area contributed by atoms with Crippen molar-refractivity contribution in [3.05, 3.63) is 0 Å². The third-order valence-corrected chi connectivity index (χ3v) is 0. The molecule has 2 heteroatoms. The molecule has 0 aromatic heterocycles. The van der Waals surface area contributed by atoms with Crippen LogP contribution in [0.2, 0.25) is 0 Å². The fourth-order valence-corrected chi connectivity index (χ4v) is 0. The minimum absolute atomic E-state index is 0.250. The lowest BCUT2D eigenvalue weighted by Crippen LogP contribution is -1.40. The van der Waals surface area contributed by atoms with E-state index in [9.17, 15) is 4.39 Å². The van der Waals surface area contributed by atoms with Crippen LogP contribution in [-0.2, 0) is 0 Å². The van der Waals surface area contributed by atoms with E-state index in [0.29, 0.717) is 0 Å². The second-order valence-electron chi connectivity index (χ2n) is 0.267. The normalized spacial score (nSPS) is 4.80. The molecule has 0 unspecified atom stereocenters. The summed E-state index contributed by atoms with van der Waals surface area (Å²) in [6, 6.07) is 0. The molecule has 0 saturated heterocycles. The van der Waals surface area contributed by atoms with Crippen molar-refractivity contribution in [3.8, 4) is 0 Å². The molecule has 0 saturated carbocycles. The van der Waals surface area contributed by atoms with Gasteiger partial charge in [0.05, 0.1) is 6.67 Å². The molecule has 0 aromatic carbocycles. The Morgan fingerprint density at radius 1 is 1.60 bits per heavy atom. The lowest BCUT2D eigenvalue weighted by atomic mass is 10.9. The lowest BCUT2D eigenvalue weighted by Gasteiger charge is -1.45. The molecule has 0 spiro atoms. The lowest BCUT2D eigenvalue weighted by molar-refractivity contribution is 0.399. The van der Waals surface area contributed by atoms with Gasteiger partial charge in [0.2, 0.25) is 0 Å². The molecule has 1 nitrogen and oxygen atoms in total. The summed E-state index contributed by atoms with van der Waals surface area (Å²) in [4.78, 5) is 0. The number of halogens is 1. The van der Waals surface area contributed by atoms with Gasteiger partial charge in [0.15, 0.2) is 0 Å². The number of hydrogen-bond donors (Lipinski definition) is 1. The molecule has 0 atom stereocenters. The third-order valence-electron chi connectivity index (χ3n) is 0. The van der Waals surface area contributed by atoms with Crippen molar-refractivity contribution in [1.82, 2.24) is 0 Å². The third kappa shape index (κ3) is 1150. The molecule has 0 amide bonds. The molecule has 0 aliphatic carbocycles. The second kappa shape index (κ2) is 41.0. The monoisotopic (exact) mass is 80.1 g/mol. The van der Waals surface area contributed by atoms with Crippen LogP contribution >= 0.6 is 0 Å². The van der Waals surface area contributed by atoms with E-state index in [4.69, 9.17) is 5.11 Å². The van der Waals surface area contributed by atoms with Crippen molar-refractivity contribution in [2.45, 2.75) is 6.92 Å². The van der Waals surface area contributed by atoms with E-state index < -0.39 is 0 Å². The summed E-state index contributed by atoms with van der Waals surface area (Å²) >= 11 is 0. The predicted octanol–water partition coefficient (Wildman–Crippen LogP) is 0.584. The van der Waals surface area contributed by atoms with Crippen LogP contribution in [0.3, 0.4) is 0 Å². The minimum Gasteiger partial charge on any atom is -0.400 e. The Bertz CT molecular complexity index is 6.85. The summed E-state index contributed by atoms with van der Waals surface area (Å²) in [6.45, 7) is 1.21. The van der Waals surface area contributed by atoms with Crippen LogP contribution < -0.4 is 0 Å². The van der Waals surface area contributed by atoms with E-state index in [-0.39, 0.29) is 6.67 Å². The van der Waals surface area contributed by atoms with E-state index in [1.54, 1.807) is 0 Å². The van der Waals surface area contributed by atoms with Gasteiger partial charge >= 0.3 is 0 Å². The Balaban J connectivity index is 0. The summed E-state index contributed by atoms with van der Waals surface area (Å²) in [5, 5.41) is 7.00. The average Bonchev–Trinajstić information content (AvgIpc) is 1.46. The van der Waals surface area contributed by atoms with Gasteiger partial charge in [-0.25, -0.2) is 0 Å². The zero-order chi connectivity index (χ0) is 4.71. The Morgan fingerprint density at radius 3 is 1.60 bits per heavy atom. The van der Waals surface area contributed by atoms with Crippen LogP contribution in [-0.4, -0.2) is 18.9 Å². The number of alkyl halides is 1. The van der Waals surface area contributed by atoms with Crippen molar-refractivity contribution in [2.24, 2.45) is 0 Å². The summed E-state index contributed by atoms with van der Waals surface area (Å²) < 4.78 is 10.3. The van der Waals surface area contributed by atoms with Crippen molar-refractivity contribution >= 4 is 0 Å². The average molecular weight is 80.1 g/mol. The van der Waals surface area contributed by atoms with E-state index in [1.807, 2.05) is 0 Å². The Hall–Kier alpha value is -0.110. The molecule has 0 bridgehead atoms. The summed E-state index contributed by atoms with van der Waals surface area (Å²) in [7, 11) is 1.00. The van der Waals surface area contributed by atoms with Gasteiger partial charge in [0.25, 0.3) is 0 Å². The standard InChI is InChI=1S/C2H5F.CH4O/c1-2-3;1-2/h2H2,1H3;2H,1H3. The highest BCUT2D eigenvalue weighted by Crippen LogP contribution is 1.48. The van der Waals surface area contributed by atoms with Gasteiger partial charge in [0.1, 0.15) is 0 Å². The predicted molar refractivity (Wildman–Crippen MR) is 19.8 cm³/mol. The van der Waals surface area contributed by atoms with Crippen molar-refractivity contribution in [3.63, 3.8) is 0 Å². The van der Waals surface area contributed by atoms with E-state index in [1.165, 1.54) is 6.92 Å². The molecular formula is C3H9FO. The SMILES string of the molecule is CCF.CO. The quantitative estimate of drug-likeness (QED) is 0.451. The zero-order valence-electron chi connectivity index (χ0n) is 3.53. The Labute approximate surface area is 31.4 Å². The number of rotatable bonds is 0. The molecule has 0 aliphatic rings. The van der Waals surface area contributed by atoms with Crippen LogP contribution in [0.25, 0.3) is 0 Å². The maximum atomic E-state index is 10.3. The van der Waals surface area contributed by atoms with Crippen molar-refractivity contribution < 1.29 is 9.50 Å². The first-order valence-electron chi connectivity index (χ1n) is 1.42. The molecular weight excluding hydrogens is 71.0 g/mol. The fourth-order valence-electron chi connectivity index (χ4n) is 0. The van der Waals surface area contributed by atoms with E-state index in [2.05, 4.69) is 0 Å². The molecule has 34 valence electrons. The highest BCUT2D eigenvalue weighted by Gasteiger charge is 1.39. The Kier molecular flexibility index (Phi) is 72.7. The first-order chi connectivity index (χ1) is 2.41. The molecule has 0 heterocycles. The van der Waals surface area contributed by atoms with E-state index in [0.717, 1.165) is 7.11 Å². The minimum atomic E-state index is -0.250. The van der Waals surface area contributed by atoms with Crippen LogP contribution in [0.15, 0.2) is 0 Å². The number of aliphatic hydroxyl groups excluding tert-OH is 1. The Morgan fingerprint density at radius 2 is 1.60 bits per heavy atom. The molecule has 0 aromatic rings. The second-order valence-corrected chi connectivity index (χ2v) is 0.267. The first-order valence-corrected chi connectivity index (χ1v) is 1.42. The van der Waals surface area contributed by atoms with Gasteiger partial charge in [0, 0.05) is 7.11 Å². The topological polar surface area (TPSA) is 20.2 Å². The molecule has 0 fully saturated rings. The van der Waals surface area contributed by atoms with Gasteiger partial charge in [-0.15, -0.1) is 0 Å². The van der Waals surface area contributed by atoms with Gasteiger partial charge in [-0.05, 0) is 6.92 Å². The molecule has 0 radical (unpaired) electrons. The fraction of sp³-hybridized carbons (Fsp3) is 1.00. The molecule has 5 heavy (non-hydrogen) atoms. The smallest absolute Gasteiger partial charge is 0.0866 e. The highest BCUT2D eigenvalue weighted by molar-refractivity contribution is 3.86.